The van der Waals surface area contributed by atoms with Crippen molar-refractivity contribution in [3.05, 3.63) is 29.8 Å². The number of nitrogens with zero attached hydrogens (tertiary/aromatic N) is 2. The van der Waals surface area contributed by atoms with Gasteiger partial charge in [0.15, 0.2) is 5.17 Å². The number of carboxylic acid groups (broad SMARTS) is 1. The first-order chi connectivity index (χ1) is 10.8. The Bertz CT molecular complexity index is 803. The molecule has 1 aliphatic heterocycles. The SMILES string of the molecule is O=C(O)CC1SC(=NN=Cc2ccccc2S(=O)(=O)O)NC1=O. The van der Waals surface area contributed by atoms with Crippen LogP contribution in [0.15, 0.2) is 39.4 Å². The summed E-state index contributed by atoms with van der Waals surface area (Å²) in [5.74, 6) is -1.59. The molecule has 1 aromatic rings. The van der Waals surface area contributed by atoms with E-state index in [1.165, 1.54) is 18.2 Å². The summed E-state index contributed by atoms with van der Waals surface area (Å²) in [5, 5.41) is 17.7. The van der Waals surface area contributed by atoms with E-state index in [0.717, 1.165) is 18.0 Å². The maximum atomic E-state index is 11.5. The number of amides is 1. The summed E-state index contributed by atoms with van der Waals surface area (Å²) >= 11 is 0.919. The van der Waals surface area contributed by atoms with E-state index >= 15 is 0 Å². The molecule has 1 atom stereocenters. The minimum atomic E-state index is -4.39. The molecular formula is C12H11N3O6S2. The lowest BCUT2D eigenvalue weighted by Gasteiger charge is -2.00. The van der Waals surface area contributed by atoms with Gasteiger partial charge in [0.05, 0.1) is 12.6 Å². The number of carbonyl (C=O) groups excluding carboxylic acids is 1. The molecule has 3 N–H and O–H groups in total. The molecule has 0 aliphatic carbocycles. The van der Waals surface area contributed by atoms with Crippen LogP contribution in [0.4, 0.5) is 0 Å². The third-order valence-corrected chi connectivity index (χ3v) is 4.68. The number of rotatable bonds is 5. The van der Waals surface area contributed by atoms with Crippen LogP contribution in [0.1, 0.15) is 12.0 Å². The Balaban J connectivity index is 2.14. The van der Waals surface area contributed by atoms with Crippen molar-refractivity contribution < 1.29 is 27.7 Å². The fourth-order valence-corrected chi connectivity index (χ4v) is 3.30. The van der Waals surface area contributed by atoms with Crippen LogP contribution in [0, 0.1) is 0 Å². The number of thioether (sulfide) groups is 1. The maximum absolute atomic E-state index is 11.5. The van der Waals surface area contributed by atoms with Gasteiger partial charge >= 0.3 is 5.97 Å². The zero-order chi connectivity index (χ0) is 17.0. The topological polar surface area (TPSA) is 145 Å². The fourth-order valence-electron chi connectivity index (χ4n) is 1.71. The minimum Gasteiger partial charge on any atom is -0.481 e. The third kappa shape index (κ3) is 4.61. The van der Waals surface area contributed by atoms with Gasteiger partial charge in [-0.2, -0.15) is 13.5 Å². The van der Waals surface area contributed by atoms with Gasteiger partial charge < -0.3 is 10.4 Å². The lowest BCUT2D eigenvalue weighted by atomic mass is 10.2. The van der Waals surface area contributed by atoms with Crippen LogP contribution in [0.5, 0.6) is 0 Å². The van der Waals surface area contributed by atoms with Crippen molar-refractivity contribution in [2.24, 2.45) is 10.2 Å². The monoisotopic (exact) mass is 357 g/mol. The summed E-state index contributed by atoms with van der Waals surface area (Å²) in [4.78, 5) is 21.8. The van der Waals surface area contributed by atoms with E-state index in [2.05, 4.69) is 15.5 Å². The van der Waals surface area contributed by atoms with E-state index in [-0.39, 0.29) is 22.0 Å². The van der Waals surface area contributed by atoms with Gasteiger partial charge in [0.1, 0.15) is 10.1 Å². The number of aliphatic carboxylic acids is 1. The van der Waals surface area contributed by atoms with E-state index in [1.807, 2.05) is 0 Å². The Kier molecular flexibility index (Phi) is 5.13. The molecule has 23 heavy (non-hydrogen) atoms. The summed E-state index contributed by atoms with van der Waals surface area (Å²) in [7, 11) is -4.39. The summed E-state index contributed by atoms with van der Waals surface area (Å²) in [6.07, 6.45) is 0.762. The van der Waals surface area contributed by atoms with E-state index in [1.54, 1.807) is 6.07 Å². The van der Waals surface area contributed by atoms with Crippen LogP contribution in [0.3, 0.4) is 0 Å². The van der Waals surface area contributed by atoms with Gasteiger partial charge in [0, 0.05) is 5.56 Å². The molecule has 0 saturated carbocycles. The number of hydrogen-bond donors (Lipinski definition) is 3. The van der Waals surface area contributed by atoms with Crippen LogP contribution in [-0.4, -0.2) is 46.6 Å². The van der Waals surface area contributed by atoms with Gasteiger partial charge in [-0.1, -0.05) is 30.0 Å². The second-order valence-corrected chi connectivity index (χ2v) is 6.94. The molecule has 1 aliphatic rings. The molecule has 0 spiro atoms. The van der Waals surface area contributed by atoms with Gasteiger partial charge in [-0.25, -0.2) is 0 Å². The molecule has 2 rings (SSSR count). The van der Waals surface area contributed by atoms with Gasteiger partial charge in [-0.05, 0) is 6.07 Å². The molecule has 122 valence electrons. The number of benzene rings is 1. The number of amidine groups is 1. The van der Waals surface area contributed by atoms with Crippen molar-refractivity contribution in [1.29, 1.82) is 0 Å². The van der Waals surface area contributed by atoms with Crippen molar-refractivity contribution in [1.82, 2.24) is 5.32 Å². The highest BCUT2D eigenvalue weighted by Crippen LogP contribution is 2.22. The van der Waals surface area contributed by atoms with E-state index < -0.39 is 27.2 Å². The number of carbonyl (C=O) groups is 2. The first-order valence-electron chi connectivity index (χ1n) is 6.14. The van der Waals surface area contributed by atoms with Crippen LogP contribution in [0.2, 0.25) is 0 Å². The van der Waals surface area contributed by atoms with Gasteiger partial charge in [0.25, 0.3) is 10.1 Å². The van der Waals surface area contributed by atoms with Gasteiger partial charge in [-0.3, -0.25) is 14.1 Å². The van der Waals surface area contributed by atoms with Crippen LogP contribution >= 0.6 is 11.8 Å². The average molecular weight is 357 g/mol. The molecule has 0 aromatic heterocycles. The van der Waals surface area contributed by atoms with Gasteiger partial charge in [-0.15, -0.1) is 5.10 Å². The maximum Gasteiger partial charge on any atom is 0.305 e. The van der Waals surface area contributed by atoms with Crippen LogP contribution in [0.25, 0.3) is 0 Å². The standard InChI is InChI=1S/C12H11N3O6S2/c16-10(17)5-8-11(18)14-12(22-8)15-13-6-7-3-1-2-4-9(7)23(19,20)21/h1-4,6,8H,5H2,(H,16,17)(H,14,15,18)(H,19,20,21). The Labute approximate surface area is 135 Å². The summed E-state index contributed by atoms with van der Waals surface area (Å²) in [5.41, 5.74) is 0.121. The lowest BCUT2D eigenvalue weighted by molar-refractivity contribution is -0.138. The predicted octanol–water partition coefficient (Wildman–Crippen LogP) is 0.330. The predicted molar refractivity (Wildman–Crippen MR) is 83.1 cm³/mol. The number of carboxylic acids is 1. The van der Waals surface area contributed by atoms with Crippen molar-refractivity contribution >= 4 is 45.1 Å². The Morgan fingerprint density at radius 3 is 2.74 bits per heavy atom. The smallest absolute Gasteiger partial charge is 0.305 e. The van der Waals surface area contributed by atoms with Crippen molar-refractivity contribution in [2.45, 2.75) is 16.6 Å². The normalized spacial score (nSPS) is 20.1. The molecule has 0 bridgehead atoms. The highest BCUT2D eigenvalue weighted by Gasteiger charge is 2.32. The summed E-state index contributed by atoms with van der Waals surface area (Å²) in [6.45, 7) is 0. The molecule has 1 saturated heterocycles. The zero-order valence-electron chi connectivity index (χ0n) is 11.4. The highest BCUT2D eigenvalue weighted by molar-refractivity contribution is 8.15. The van der Waals surface area contributed by atoms with Crippen molar-refractivity contribution in [3.8, 4) is 0 Å². The molecule has 1 amide bonds. The van der Waals surface area contributed by atoms with Crippen molar-refractivity contribution in [3.63, 3.8) is 0 Å². The fraction of sp³-hybridized carbons (Fsp3) is 0.167. The number of hydrogen-bond acceptors (Lipinski definition) is 7. The molecule has 1 unspecified atom stereocenters. The van der Waals surface area contributed by atoms with Crippen LogP contribution < -0.4 is 5.32 Å². The Hall–Kier alpha value is -2.24. The highest BCUT2D eigenvalue weighted by atomic mass is 32.2. The quantitative estimate of drug-likeness (QED) is 0.391. The summed E-state index contributed by atoms with van der Waals surface area (Å²) < 4.78 is 31.5. The molecular weight excluding hydrogens is 346 g/mol. The summed E-state index contributed by atoms with van der Waals surface area (Å²) in [6, 6.07) is 5.62. The first kappa shape index (κ1) is 17.1. The van der Waals surface area contributed by atoms with Gasteiger partial charge in [0.2, 0.25) is 5.91 Å². The molecule has 9 nitrogen and oxygen atoms in total. The third-order valence-electron chi connectivity index (χ3n) is 2.68. The molecule has 0 radical (unpaired) electrons. The largest absolute Gasteiger partial charge is 0.481 e. The molecule has 1 fully saturated rings. The Morgan fingerprint density at radius 2 is 2.09 bits per heavy atom. The molecule has 1 aromatic carbocycles. The van der Waals surface area contributed by atoms with E-state index in [9.17, 15) is 18.0 Å². The molecule has 11 heteroatoms. The number of nitrogens with one attached hydrogen (secondary N) is 1. The zero-order valence-corrected chi connectivity index (χ0v) is 13.0. The second-order valence-electron chi connectivity index (χ2n) is 4.36. The van der Waals surface area contributed by atoms with E-state index in [0.29, 0.717) is 0 Å². The average Bonchev–Trinajstić information content (AvgIpc) is 2.78. The minimum absolute atomic E-state index is 0.113. The first-order valence-corrected chi connectivity index (χ1v) is 8.46. The lowest BCUT2D eigenvalue weighted by Crippen LogP contribution is -2.26. The van der Waals surface area contributed by atoms with Crippen molar-refractivity contribution in [2.75, 3.05) is 0 Å². The molecule has 1 heterocycles. The van der Waals surface area contributed by atoms with E-state index in [4.69, 9.17) is 9.66 Å². The van der Waals surface area contributed by atoms with Crippen LogP contribution in [-0.2, 0) is 19.7 Å². The Morgan fingerprint density at radius 1 is 1.39 bits per heavy atom. The second kappa shape index (κ2) is 6.89.